The number of hydrogen-bond donors (Lipinski definition) is 2. The Morgan fingerprint density at radius 1 is 1.20 bits per heavy atom. The number of carboxylic acids is 1. The molecule has 2 aromatic heterocycles. The van der Waals surface area contributed by atoms with Crippen molar-refractivity contribution < 1.29 is 9.90 Å². The summed E-state index contributed by atoms with van der Waals surface area (Å²) in [5.41, 5.74) is 2.67. The van der Waals surface area contributed by atoms with E-state index in [1.54, 1.807) is 22.7 Å². The van der Waals surface area contributed by atoms with E-state index in [1.165, 1.54) is 0 Å². The van der Waals surface area contributed by atoms with E-state index in [0.29, 0.717) is 11.5 Å². The number of benzene rings is 1. The first kappa shape index (κ1) is 12.2. The molecular formula is C15H13N3O2. The van der Waals surface area contributed by atoms with Crippen molar-refractivity contribution in [2.75, 3.05) is 5.32 Å². The number of imidazole rings is 1. The van der Waals surface area contributed by atoms with Crippen LogP contribution in [0.25, 0.3) is 5.65 Å². The van der Waals surface area contributed by atoms with E-state index >= 15 is 0 Å². The van der Waals surface area contributed by atoms with Crippen molar-refractivity contribution in [3.63, 3.8) is 0 Å². The molecule has 1 aromatic carbocycles. The van der Waals surface area contributed by atoms with Gasteiger partial charge in [-0.25, -0.2) is 9.78 Å². The predicted molar refractivity (Wildman–Crippen MR) is 76.6 cm³/mol. The van der Waals surface area contributed by atoms with Crippen LogP contribution in [0.3, 0.4) is 0 Å². The summed E-state index contributed by atoms with van der Waals surface area (Å²) in [6, 6.07) is 13.1. The van der Waals surface area contributed by atoms with Crippen molar-refractivity contribution in [3.8, 4) is 0 Å². The molecule has 0 saturated carbocycles. The summed E-state index contributed by atoms with van der Waals surface area (Å²) in [6.45, 7) is 2.00. The minimum Gasteiger partial charge on any atom is -0.476 e. The lowest BCUT2D eigenvalue weighted by atomic mass is 10.2. The van der Waals surface area contributed by atoms with Gasteiger partial charge in [0.2, 0.25) is 0 Å². The molecule has 20 heavy (non-hydrogen) atoms. The quantitative estimate of drug-likeness (QED) is 0.765. The first-order valence-corrected chi connectivity index (χ1v) is 6.19. The summed E-state index contributed by atoms with van der Waals surface area (Å²) < 4.78 is 1.55. The normalized spacial score (nSPS) is 10.7. The maximum Gasteiger partial charge on any atom is 0.356 e. The van der Waals surface area contributed by atoms with E-state index in [1.807, 2.05) is 37.3 Å². The molecule has 0 radical (unpaired) electrons. The van der Waals surface area contributed by atoms with Gasteiger partial charge < -0.3 is 10.4 Å². The van der Waals surface area contributed by atoms with Crippen molar-refractivity contribution in [2.24, 2.45) is 0 Å². The second kappa shape index (κ2) is 4.70. The number of carboxylic acid groups (broad SMARTS) is 1. The Morgan fingerprint density at radius 2 is 1.95 bits per heavy atom. The van der Waals surface area contributed by atoms with E-state index in [0.717, 1.165) is 11.3 Å². The summed E-state index contributed by atoms with van der Waals surface area (Å²) in [5, 5.41) is 12.4. The smallest absolute Gasteiger partial charge is 0.356 e. The molecule has 3 rings (SSSR count). The fraction of sp³-hybridized carbons (Fsp3) is 0.0667. The molecule has 0 amide bonds. The number of pyridine rings is 1. The molecule has 2 N–H and O–H groups in total. The molecule has 0 aliphatic heterocycles. The standard InChI is InChI=1S/C15H13N3O2/c1-10-5-7-11(8-6-10)16-14-13(15(19)20)18-9-3-2-4-12(18)17-14/h2-9,16H,1H3,(H,19,20). The molecule has 5 nitrogen and oxygen atoms in total. The highest BCUT2D eigenvalue weighted by atomic mass is 16.4. The molecule has 0 bridgehead atoms. The predicted octanol–water partition coefficient (Wildman–Crippen LogP) is 3.08. The number of rotatable bonds is 3. The van der Waals surface area contributed by atoms with Gasteiger partial charge >= 0.3 is 5.97 Å². The SMILES string of the molecule is Cc1ccc(Nc2nc3ccccn3c2C(=O)O)cc1. The topological polar surface area (TPSA) is 66.6 Å². The Labute approximate surface area is 115 Å². The van der Waals surface area contributed by atoms with Crippen LogP contribution in [0.1, 0.15) is 16.1 Å². The lowest BCUT2D eigenvalue weighted by Crippen LogP contribution is -2.05. The molecule has 2 heterocycles. The largest absolute Gasteiger partial charge is 0.476 e. The summed E-state index contributed by atoms with van der Waals surface area (Å²) in [7, 11) is 0. The van der Waals surface area contributed by atoms with Crippen LogP contribution >= 0.6 is 0 Å². The number of nitrogens with zero attached hydrogens (tertiary/aromatic N) is 2. The number of aryl methyl sites for hydroxylation is 1. The van der Waals surface area contributed by atoms with E-state index in [4.69, 9.17) is 0 Å². The zero-order valence-electron chi connectivity index (χ0n) is 10.9. The van der Waals surface area contributed by atoms with Gasteiger partial charge in [0.05, 0.1) is 0 Å². The molecule has 0 aliphatic rings. The van der Waals surface area contributed by atoms with Crippen LogP contribution in [0.2, 0.25) is 0 Å². The van der Waals surface area contributed by atoms with Crippen LogP contribution in [0, 0.1) is 6.92 Å². The van der Waals surface area contributed by atoms with Crippen molar-refractivity contribution in [3.05, 3.63) is 59.9 Å². The number of aromatic nitrogens is 2. The lowest BCUT2D eigenvalue weighted by Gasteiger charge is -2.04. The van der Waals surface area contributed by atoms with Gasteiger partial charge in [-0.15, -0.1) is 0 Å². The molecular weight excluding hydrogens is 254 g/mol. The zero-order chi connectivity index (χ0) is 14.1. The van der Waals surface area contributed by atoms with Crippen molar-refractivity contribution in [1.29, 1.82) is 0 Å². The first-order valence-electron chi connectivity index (χ1n) is 6.19. The summed E-state index contributed by atoms with van der Waals surface area (Å²) in [4.78, 5) is 15.8. The maximum atomic E-state index is 11.4. The summed E-state index contributed by atoms with van der Waals surface area (Å²) >= 11 is 0. The van der Waals surface area contributed by atoms with Gasteiger partial charge in [-0.05, 0) is 31.2 Å². The van der Waals surface area contributed by atoms with E-state index in [-0.39, 0.29) is 5.69 Å². The molecule has 0 aliphatic carbocycles. The van der Waals surface area contributed by atoms with Crippen LogP contribution in [0.5, 0.6) is 0 Å². The van der Waals surface area contributed by atoms with Crippen LogP contribution in [0.15, 0.2) is 48.7 Å². The average Bonchev–Trinajstić information content (AvgIpc) is 2.79. The molecule has 0 saturated heterocycles. The molecule has 0 fully saturated rings. The Kier molecular flexibility index (Phi) is 2.87. The monoisotopic (exact) mass is 267 g/mol. The molecule has 5 heteroatoms. The minimum absolute atomic E-state index is 0.126. The van der Waals surface area contributed by atoms with Crippen molar-refractivity contribution >= 4 is 23.1 Å². The number of carbonyl (C=O) groups is 1. The van der Waals surface area contributed by atoms with E-state index in [2.05, 4.69) is 10.3 Å². The molecule has 0 spiro atoms. The van der Waals surface area contributed by atoms with Gasteiger partial charge in [-0.1, -0.05) is 23.8 Å². The molecule has 3 aromatic rings. The number of fused-ring (bicyclic) bond motifs is 1. The number of anilines is 2. The van der Waals surface area contributed by atoms with Gasteiger partial charge in [0, 0.05) is 11.9 Å². The van der Waals surface area contributed by atoms with E-state index < -0.39 is 5.97 Å². The van der Waals surface area contributed by atoms with Crippen LogP contribution in [-0.4, -0.2) is 20.5 Å². The Morgan fingerprint density at radius 3 is 2.65 bits per heavy atom. The number of aromatic carboxylic acids is 1. The minimum atomic E-state index is -1.02. The van der Waals surface area contributed by atoms with Crippen molar-refractivity contribution in [1.82, 2.24) is 9.38 Å². The van der Waals surface area contributed by atoms with Gasteiger partial charge in [-0.2, -0.15) is 0 Å². The van der Waals surface area contributed by atoms with Crippen LogP contribution in [0.4, 0.5) is 11.5 Å². The fourth-order valence-corrected chi connectivity index (χ4v) is 2.06. The Hall–Kier alpha value is -2.82. The number of nitrogens with one attached hydrogen (secondary N) is 1. The Bertz CT molecular complexity index is 775. The fourth-order valence-electron chi connectivity index (χ4n) is 2.06. The van der Waals surface area contributed by atoms with Crippen LogP contribution < -0.4 is 5.32 Å². The third kappa shape index (κ3) is 2.09. The van der Waals surface area contributed by atoms with Gasteiger partial charge in [0.25, 0.3) is 0 Å². The van der Waals surface area contributed by atoms with Gasteiger partial charge in [-0.3, -0.25) is 4.40 Å². The Balaban J connectivity index is 2.08. The summed E-state index contributed by atoms with van der Waals surface area (Å²) in [6.07, 6.45) is 1.69. The van der Waals surface area contributed by atoms with Crippen LogP contribution in [-0.2, 0) is 0 Å². The highest BCUT2D eigenvalue weighted by Gasteiger charge is 2.18. The number of hydrogen-bond acceptors (Lipinski definition) is 3. The highest BCUT2D eigenvalue weighted by Crippen LogP contribution is 2.22. The first-order chi connectivity index (χ1) is 9.65. The molecule has 0 unspecified atom stereocenters. The second-order valence-electron chi connectivity index (χ2n) is 4.53. The second-order valence-corrected chi connectivity index (χ2v) is 4.53. The molecule has 0 atom stereocenters. The third-order valence-electron chi connectivity index (χ3n) is 3.05. The highest BCUT2D eigenvalue weighted by molar-refractivity contribution is 5.93. The zero-order valence-corrected chi connectivity index (χ0v) is 10.9. The van der Waals surface area contributed by atoms with Crippen molar-refractivity contribution in [2.45, 2.75) is 6.92 Å². The molecule has 100 valence electrons. The van der Waals surface area contributed by atoms with Gasteiger partial charge in [0.1, 0.15) is 5.65 Å². The summed E-state index contributed by atoms with van der Waals surface area (Å²) in [5.74, 6) is -0.675. The van der Waals surface area contributed by atoms with E-state index in [9.17, 15) is 9.90 Å². The average molecular weight is 267 g/mol. The van der Waals surface area contributed by atoms with Gasteiger partial charge in [0.15, 0.2) is 11.5 Å². The lowest BCUT2D eigenvalue weighted by molar-refractivity contribution is 0.0690. The third-order valence-corrected chi connectivity index (χ3v) is 3.05. The maximum absolute atomic E-state index is 11.4.